The number of hydrogen-bond acceptors (Lipinski definition) is 6. The van der Waals surface area contributed by atoms with Crippen LogP contribution in [0.3, 0.4) is 0 Å². The number of aliphatic hydroxyl groups excluding tert-OH is 1. The van der Waals surface area contributed by atoms with Crippen LogP contribution in [0, 0.1) is 13.8 Å². The molecule has 0 radical (unpaired) electrons. The Morgan fingerprint density at radius 1 is 1.03 bits per heavy atom. The van der Waals surface area contributed by atoms with Crippen molar-refractivity contribution < 1.29 is 29.6 Å². The maximum absolute atomic E-state index is 11.3. The molecule has 4 N–H and O–H groups in total. The Balaban J connectivity index is 1.63. The molecule has 2 atom stereocenters. The first-order valence-electron chi connectivity index (χ1n) is 11.1. The molecule has 0 saturated heterocycles. The number of carboxylic acid groups (broad SMARTS) is 1. The lowest BCUT2D eigenvalue weighted by atomic mass is 9.98. The van der Waals surface area contributed by atoms with Crippen LogP contribution in [0.2, 0.25) is 0 Å². The third-order valence-electron chi connectivity index (χ3n) is 5.74. The molecular weight excluding hydrogens is 434 g/mol. The maximum atomic E-state index is 11.3. The molecule has 7 heteroatoms. The molecule has 0 saturated carbocycles. The second kappa shape index (κ2) is 11.0. The van der Waals surface area contributed by atoms with Crippen LogP contribution in [0.1, 0.15) is 40.1 Å². The van der Waals surface area contributed by atoms with Crippen molar-refractivity contribution in [1.82, 2.24) is 5.32 Å². The number of methoxy groups -OCH3 is 1. The molecular formula is C27H31NO6. The van der Waals surface area contributed by atoms with Gasteiger partial charge in [0.15, 0.2) is 0 Å². The number of hydrogen-bond donors (Lipinski definition) is 4. The minimum atomic E-state index is -1.00. The Hall–Kier alpha value is -3.55. The highest BCUT2D eigenvalue weighted by atomic mass is 16.5. The van der Waals surface area contributed by atoms with Crippen LogP contribution >= 0.6 is 0 Å². The molecule has 3 aromatic rings. The van der Waals surface area contributed by atoms with Crippen molar-refractivity contribution >= 4 is 5.97 Å². The standard InChI is InChI=1S/C27H31NO6/c1-16-13-21(23-10-7-20(27(31)32)15-24(23)33-4)14-17(2)26(16)34-12-11-28-18(3)25(30)19-5-8-22(29)9-6-19/h5-10,13-15,18,25,28-30H,11-12H2,1-4H3,(H,31,32)/t18-,25-/m0/s1. The van der Waals surface area contributed by atoms with Gasteiger partial charge in [-0.05, 0) is 85.5 Å². The molecule has 0 fully saturated rings. The first-order chi connectivity index (χ1) is 16.2. The van der Waals surface area contributed by atoms with Crippen molar-refractivity contribution in [1.29, 1.82) is 0 Å². The Bertz CT molecular complexity index is 1120. The van der Waals surface area contributed by atoms with Gasteiger partial charge in [-0.15, -0.1) is 0 Å². The van der Waals surface area contributed by atoms with E-state index in [1.807, 2.05) is 32.9 Å². The number of ether oxygens (including phenoxy) is 2. The first kappa shape index (κ1) is 25.1. The number of benzene rings is 3. The van der Waals surface area contributed by atoms with Gasteiger partial charge in [-0.3, -0.25) is 0 Å². The van der Waals surface area contributed by atoms with E-state index >= 15 is 0 Å². The summed E-state index contributed by atoms with van der Waals surface area (Å²) in [5.74, 6) is 0.452. The molecule has 0 unspecified atom stereocenters. The molecule has 0 aromatic heterocycles. The molecule has 180 valence electrons. The maximum Gasteiger partial charge on any atom is 0.335 e. The molecule has 34 heavy (non-hydrogen) atoms. The first-order valence-corrected chi connectivity index (χ1v) is 11.1. The van der Waals surface area contributed by atoms with Crippen LogP contribution in [-0.2, 0) is 0 Å². The Morgan fingerprint density at radius 3 is 2.26 bits per heavy atom. The second-order valence-corrected chi connectivity index (χ2v) is 8.29. The van der Waals surface area contributed by atoms with Crippen LogP contribution in [0.4, 0.5) is 0 Å². The van der Waals surface area contributed by atoms with Gasteiger partial charge in [-0.2, -0.15) is 0 Å². The number of phenolic OH excluding ortho intramolecular Hbond substituents is 1. The monoisotopic (exact) mass is 465 g/mol. The van der Waals surface area contributed by atoms with Gasteiger partial charge in [0.05, 0.1) is 18.8 Å². The fourth-order valence-corrected chi connectivity index (χ4v) is 3.91. The second-order valence-electron chi connectivity index (χ2n) is 8.29. The van der Waals surface area contributed by atoms with E-state index in [1.165, 1.54) is 13.2 Å². The van der Waals surface area contributed by atoms with Crippen LogP contribution in [-0.4, -0.2) is 47.6 Å². The topological polar surface area (TPSA) is 108 Å². The summed E-state index contributed by atoms with van der Waals surface area (Å²) in [5, 5.41) is 32.4. The van der Waals surface area contributed by atoms with Crippen molar-refractivity contribution in [2.45, 2.75) is 32.9 Å². The molecule has 0 aliphatic carbocycles. The summed E-state index contributed by atoms with van der Waals surface area (Å²) < 4.78 is 11.5. The van der Waals surface area contributed by atoms with Crippen molar-refractivity contribution in [3.63, 3.8) is 0 Å². The predicted molar refractivity (Wildman–Crippen MR) is 131 cm³/mol. The molecule has 0 spiro atoms. The van der Waals surface area contributed by atoms with Gasteiger partial charge in [0.25, 0.3) is 0 Å². The van der Waals surface area contributed by atoms with Crippen LogP contribution < -0.4 is 14.8 Å². The lowest BCUT2D eigenvalue weighted by Crippen LogP contribution is -2.35. The lowest BCUT2D eigenvalue weighted by molar-refractivity contribution is 0.0696. The molecule has 7 nitrogen and oxygen atoms in total. The third kappa shape index (κ3) is 5.87. The van der Waals surface area contributed by atoms with E-state index in [0.29, 0.717) is 18.9 Å². The third-order valence-corrected chi connectivity index (χ3v) is 5.74. The summed E-state index contributed by atoms with van der Waals surface area (Å²) in [6, 6.07) is 15.1. The van der Waals surface area contributed by atoms with E-state index < -0.39 is 12.1 Å². The largest absolute Gasteiger partial charge is 0.508 e. The fraction of sp³-hybridized carbons (Fsp3) is 0.296. The summed E-state index contributed by atoms with van der Waals surface area (Å²) in [6.07, 6.45) is -0.703. The molecule has 0 amide bonds. The van der Waals surface area contributed by atoms with E-state index in [9.17, 15) is 20.1 Å². The quantitative estimate of drug-likeness (QED) is 0.327. The Labute approximate surface area is 199 Å². The molecule has 0 aliphatic heterocycles. The van der Waals surface area contributed by atoms with Gasteiger partial charge in [-0.25, -0.2) is 4.79 Å². The van der Waals surface area contributed by atoms with Crippen molar-refractivity contribution in [2.75, 3.05) is 20.3 Å². The molecule has 0 heterocycles. The number of aliphatic hydroxyl groups is 1. The van der Waals surface area contributed by atoms with Gasteiger partial charge in [0.2, 0.25) is 0 Å². The molecule has 3 rings (SSSR count). The molecule has 0 bridgehead atoms. The predicted octanol–water partition coefficient (Wildman–Crippen LogP) is 4.47. The average molecular weight is 466 g/mol. The summed E-state index contributed by atoms with van der Waals surface area (Å²) in [4.78, 5) is 11.3. The van der Waals surface area contributed by atoms with E-state index in [0.717, 1.165) is 33.6 Å². The zero-order valence-electron chi connectivity index (χ0n) is 19.8. The van der Waals surface area contributed by atoms with Gasteiger partial charge in [-0.1, -0.05) is 12.1 Å². The number of aromatic hydroxyl groups is 1. The summed E-state index contributed by atoms with van der Waals surface area (Å²) in [7, 11) is 1.52. The summed E-state index contributed by atoms with van der Waals surface area (Å²) in [5.41, 5.74) is 4.54. The van der Waals surface area contributed by atoms with E-state index in [4.69, 9.17) is 9.47 Å². The van der Waals surface area contributed by atoms with Crippen LogP contribution in [0.25, 0.3) is 11.1 Å². The smallest absolute Gasteiger partial charge is 0.335 e. The summed E-state index contributed by atoms with van der Waals surface area (Å²) in [6.45, 7) is 6.79. The number of phenols is 1. The number of nitrogens with one attached hydrogen (secondary N) is 1. The lowest BCUT2D eigenvalue weighted by Gasteiger charge is -2.21. The highest BCUT2D eigenvalue weighted by molar-refractivity contribution is 5.90. The minimum Gasteiger partial charge on any atom is -0.508 e. The Morgan fingerprint density at radius 2 is 1.68 bits per heavy atom. The fourth-order valence-electron chi connectivity index (χ4n) is 3.91. The number of aromatic carboxylic acids is 1. The molecule has 3 aromatic carbocycles. The zero-order valence-corrected chi connectivity index (χ0v) is 19.8. The zero-order chi connectivity index (χ0) is 24.8. The number of carbonyl (C=O) groups is 1. The molecule has 0 aliphatic rings. The number of aryl methyl sites for hydroxylation is 2. The van der Waals surface area contributed by atoms with Crippen LogP contribution in [0.15, 0.2) is 54.6 Å². The van der Waals surface area contributed by atoms with Crippen LogP contribution in [0.5, 0.6) is 17.2 Å². The van der Waals surface area contributed by atoms with Gasteiger partial charge in [0, 0.05) is 18.2 Å². The van der Waals surface area contributed by atoms with Gasteiger partial charge in [0.1, 0.15) is 23.9 Å². The van der Waals surface area contributed by atoms with Gasteiger partial charge < -0.3 is 30.1 Å². The Kier molecular flexibility index (Phi) is 8.15. The minimum absolute atomic E-state index is 0.164. The van der Waals surface area contributed by atoms with Crippen molar-refractivity contribution in [3.05, 3.63) is 76.9 Å². The highest BCUT2D eigenvalue weighted by Gasteiger charge is 2.17. The van der Waals surface area contributed by atoms with Crippen molar-refractivity contribution in [2.24, 2.45) is 0 Å². The normalized spacial score (nSPS) is 12.7. The number of rotatable bonds is 10. The van der Waals surface area contributed by atoms with E-state index in [1.54, 1.807) is 36.4 Å². The average Bonchev–Trinajstić information content (AvgIpc) is 2.82. The van der Waals surface area contributed by atoms with Gasteiger partial charge >= 0.3 is 5.97 Å². The summed E-state index contributed by atoms with van der Waals surface area (Å²) >= 11 is 0. The number of carboxylic acids is 1. The highest BCUT2D eigenvalue weighted by Crippen LogP contribution is 2.35. The van der Waals surface area contributed by atoms with E-state index in [2.05, 4.69) is 5.32 Å². The SMILES string of the molecule is COc1cc(C(=O)O)ccc1-c1cc(C)c(OCCN[C@@H](C)[C@H](O)c2ccc(O)cc2)c(C)c1. The van der Waals surface area contributed by atoms with E-state index in [-0.39, 0.29) is 17.4 Å². The van der Waals surface area contributed by atoms with Crippen molar-refractivity contribution in [3.8, 4) is 28.4 Å².